The second-order valence-corrected chi connectivity index (χ2v) is 4.69. The number of carbonyl (C=O) groups is 1. The van der Waals surface area contributed by atoms with Gasteiger partial charge in [-0.1, -0.05) is 36.4 Å². The van der Waals surface area contributed by atoms with Gasteiger partial charge in [0.15, 0.2) is 0 Å². The lowest BCUT2D eigenvalue weighted by Gasteiger charge is -2.14. The van der Waals surface area contributed by atoms with E-state index >= 15 is 0 Å². The van der Waals surface area contributed by atoms with Crippen molar-refractivity contribution in [1.82, 2.24) is 0 Å². The summed E-state index contributed by atoms with van der Waals surface area (Å²) in [6.07, 6.45) is 2.90. The first-order valence-electron chi connectivity index (χ1n) is 6.13. The van der Waals surface area contributed by atoms with Gasteiger partial charge in [0, 0.05) is 5.56 Å². The monoisotopic (exact) mass is 238 g/mol. The number of aldehydes is 1. The van der Waals surface area contributed by atoms with Crippen LogP contribution in [-0.4, -0.2) is 6.29 Å². The summed E-state index contributed by atoms with van der Waals surface area (Å²) in [5.41, 5.74) is 0.703. The minimum atomic E-state index is -0.300. The second kappa shape index (κ2) is 4.30. The minimum absolute atomic E-state index is 0.300. The normalized spacial score (nSPS) is 16.0. The zero-order chi connectivity index (χ0) is 12.4. The zero-order valence-corrected chi connectivity index (χ0v) is 10.0. The van der Waals surface area contributed by atoms with Gasteiger partial charge in [0.25, 0.3) is 0 Å². The Morgan fingerprint density at radius 1 is 0.944 bits per heavy atom. The van der Waals surface area contributed by atoms with Crippen molar-refractivity contribution in [3.05, 3.63) is 60.2 Å². The number of hydrogen-bond acceptors (Lipinski definition) is 2. The molecule has 0 aliphatic heterocycles. The Morgan fingerprint density at radius 2 is 1.61 bits per heavy atom. The smallest absolute Gasteiger partial charge is 0.131 e. The molecular formula is C16H14O2. The Kier molecular flexibility index (Phi) is 2.63. The first-order valence-corrected chi connectivity index (χ1v) is 6.13. The lowest BCUT2D eigenvalue weighted by atomic mass is 9.97. The Hall–Kier alpha value is -2.09. The van der Waals surface area contributed by atoms with Gasteiger partial charge < -0.3 is 9.53 Å². The molecule has 2 heteroatoms. The van der Waals surface area contributed by atoms with E-state index in [9.17, 15) is 4.79 Å². The third kappa shape index (κ3) is 1.90. The van der Waals surface area contributed by atoms with E-state index in [1.807, 2.05) is 54.6 Å². The fraction of sp³-hybridized carbons (Fsp3) is 0.188. The van der Waals surface area contributed by atoms with Gasteiger partial charge >= 0.3 is 0 Å². The number of ether oxygens (including phenoxy) is 1. The van der Waals surface area contributed by atoms with Crippen LogP contribution in [-0.2, 0) is 10.2 Å². The average molecular weight is 238 g/mol. The fourth-order valence-electron chi connectivity index (χ4n) is 2.17. The van der Waals surface area contributed by atoms with Crippen LogP contribution in [0.15, 0.2) is 54.6 Å². The number of carbonyl (C=O) groups excluding carboxylic acids is 1. The molecular weight excluding hydrogens is 224 g/mol. The molecule has 2 aromatic carbocycles. The summed E-state index contributed by atoms with van der Waals surface area (Å²) in [7, 11) is 0. The highest BCUT2D eigenvalue weighted by Gasteiger charge is 2.46. The van der Waals surface area contributed by atoms with E-state index in [1.165, 1.54) is 0 Å². The first kappa shape index (κ1) is 11.0. The standard InChI is InChI=1S/C16H14O2/c17-12-16(10-11-16)14-8-4-5-9-15(14)18-13-6-2-1-3-7-13/h1-9,12H,10-11H2. The molecule has 0 amide bonds. The summed E-state index contributed by atoms with van der Waals surface area (Å²) >= 11 is 0. The van der Waals surface area contributed by atoms with Crippen LogP contribution in [0, 0.1) is 0 Å². The van der Waals surface area contributed by atoms with Gasteiger partial charge in [0.05, 0.1) is 5.41 Å². The van der Waals surface area contributed by atoms with Gasteiger partial charge in [0.2, 0.25) is 0 Å². The van der Waals surface area contributed by atoms with Crippen molar-refractivity contribution in [2.45, 2.75) is 18.3 Å². The molecule has 3 rings (SSSR count). The van der Waals surface area contributed by atoms with E-state index in [-0.39, 0.29) is 5.41 Å². The van der Waals surface area contributed by atoms with Gasteiger partial charge in [-0.3, -0.25) is 0 Å². The molecule has 0 spiro atoms. The predicted octanol–water partition coefficient (Wildman–Crippen LogP) is 3.71. The summed E-state index contributed by atoms with van der Waals surface area (Å²) < 4.78 is 5.88. The molecule has 1 fully saturated rings. The summed E-state index contributed by atoms with van der Waals surface area (Å²) in [5, 5.41) is 0. The van der Waals surface area contributed by atoms with Gasteiger partial charge in [-0.2, -0.15) is 0 Å². The summed E-state index contributed by atoms with van der Waals surface area (Å²) in [6.45, 7) is 0. The molecule has 0 aromatic heterocycles. The Morgan fingerprint density at radius 3 is 2.28 bits per heavy atom. The van der Waals surface area contributed by atoms with Crippen molar-refractivity contribution in [2.75, 3.05) is 0 Å². The summed E-state index contributed by atoms with van der Waals surface area (Å²) in [4.78, 5) is 11.2. The molecule has 0 radical (unpaired) electrons. The highest BCUT2D eigenvalue weighted by atomic mass is 16.5. The molecule has 1 aliphatic rings. The average Bonchev–Trinajstić information content (AvgIpc) is 3.22. The third-order valence-electron chi connectivity index (χ3n) is 3.41. The fourth-order valence-corrected chi connectivity index (χ4v) is 2.17. The molecule has 0 unspecified atom stereocenters. The van der Waals surface area contributed by atoms with Crippen molar-refractivity contribution in [3.63, 3.8) is 0 Å². The SMILES string of the molecule is O=CC1(c2ccccc2Oc2ccccc2)CC1. The number of benzene rings is 2. The lowest BCUT2D eigenvalue weighted by molar-refractivity contribution is -0.109. The summed E-state index contributed by atoms with van der Waals surface area (Å²) in [6, 6.07) is 17.4. The maximum atomic E-state index is 11.2. The highest BCUT2D eigenvalue weighted by Crippen LogP contribution is 2.50. The van der Waals surface area contributed by atoms with Gasteiger partial charge in [0.1, 0.15) is 17.8 Å². The van der Waals surface area contributed by atoms with Gasteiger partial charge in [-0.25, -0.2) is 0 Å². The number of hydrogen-bond donors (Lipinski definition) is 0. The summed E-state index contributed by atoms with van der Waals surface area (Å²) in [5.74, 6) is 1.58. The van der Waals surface area contributed by atoms with Crippen LogP contribution in [0.1, 0.15) is 18.4 Å². The van der Waals surface area contributed by atoms with Crippen LogP contribution >= 0.6 is 0 Å². The quantitative estimate of drug-likeness (QED) is 0.759. The molecule has 2 nitrogen and oxygen atoms in total. The van der Waals surface area contributed by atoms with Crippen LogP contribution in [0.3, 0.4) is 0 Å². The van der Waals surface area contributed by atoms with E-state index in [0.717, 1.165) is 36.2 Å². The molecule has 90 valence electrons. The molecule has 1 aliphatic carbocycles. The van der Waals surface area contributed by atoms with E-state index in [2.05, 4.69) is 0 Å². The number of para-hydroxylation sites is 2. The topological polar surface area (TPSA) is 26.3 Å². The second-order valence-electron chi connectivity index (χ2n) is 4.69. The molecule has 0 bridgehead atoms. The maximum absolute atomic E-state index is 11.2. The maximum Gasteiger partial charge on any atom is 0.131 e. The Labute approximate surface area is 106 Å². The molecule has 0 N–H and O–H groups in total. The van der Waals surface area contributed by atoms with Crippen molar-refractivity contribution >= 4 is 6.29 Å². The van der Waals surface area contributed by atoms with Crippen LogP contribution in [0.25, 0.3) is 0 Å². The van der Waals surface area contributed by atoms with Crippen LogP contribution in [0.4, 0.5) is 0 Å². The zero-order valence-electron chi connectivity index (χ0n) is 10.0. The van der Waals surface area contributed by atoms with Crippen molar-refractivity contribution in [3.8, 4) is 11.5 Å². The van der Waals surface area contributed by atoms with E-state index < -0.39 is 0 Å². The first-order chi connectivity index (χ1) is 8.84. The highest BCUT2D eigenvalue weighted by molar-refractivity contribution is 5.75. The molecule has 2 aromatic rings. The van der Waals surface area contributed by atoms with Crippen molar-refractivity contribution in [1.29, 1.82) is 0 Å². The molecule has 0 atom stereocenters. The molecule has 0 heterocycles. The molecule has 1 saturated carbocycles. The van der Waals surface area contributed by atoms with E-state index in [0.29, 0.717) is 0 Å². The predicted molar refractivity (Wildman–Crippen MR) is 69.9 cm³/mol. The van der Waals surface area contributed by atoms with Crippen molar-refractivity contribution < 1.29 is 9.53 Å². The van der Waals surface area contributed by atoms with E-state index in [4.69, 9.17) is 4.74 Å². The number of rotatable bonds is 4. The van der Waals surface area contributed by atoms with Crippen molar-refractivity contribution in [2.24, 2.45) is 0 Å². The van der Waals surface area contributed by atoms with Crippen LogP contribution < -0.4 is 4.74 Å². The minimum Gasteiger partial charge on any atom is -0.457 e. The third-order valence-corrected chi connectivity index (χ3v) is 3.41. The largest absolute Gasteiger partial charge is 0.457 e. The lowest BCUT2D eigenvalue weighted by Crippen LogP contribution is -2.09. The Bertz CT molecular complexity index is 556. The van der Waals surface area contributed by atoms with Crippen LogP contribution in [0.2, 0.25) is 0 Å². The Balaban J connectivity index is 1.95. The van der Waals surface area contributed by atoms with Gasteiger partial charge in [-0.05, 0) is 31.0 Å². The van der Waals surface area contributed by atoms with E-state index in [1.54, 1.807) is 0 Å². The molecule has 0 saturated heterocycles. The van der Waals surface area contributed by atoms with Crippen LogP contribution in [0.5, 0.6) is 11.5 Å². The molecule has 18 heavy (non-hydrogen) atoms. The van der Waals surface area contributed by atoms with Gasteiger partial charge in [-0.15, -0.1) is 0 Å².